The average Bonchev–Trinajstić information content (AvgIpc) is 2.63. The minimum absolute atomic E-state index is 0.814. The molecule has 0 aromatic carbocycles. The Kier molecular flexibility index (Phi) is 0.664. The number of fused-ring (bicyclic) bond motifs is 2. The molecule has 0 aliphatic heterocycles. The van der Waals surface area contributed by atoms with Crippen molar-refractivity contribution in [3.8, 4) is 0 Å². The molecule has 5 aliphatic rings. The summed E-state index contributed by atoms with van der Waals surface area (Å²) in [5.41, 5.74) is 1.65. The largest absolute Gasteiger partial charge is 0.0588 e. The van der Waals surface area contributed by atoms with E-state index < -0.39 is 0 Å². The smallest absolute Gasteiger partial charge is 0.0204 e. The Labute approximate surface area is 80.1 Å². The molecule has 70 valence electrons. The van der Waals surface area contributed by atoms with Crippen molar-refractivity contribution in [1.29, 1.82) is 0 Å². The molecule has 0 spiro atoms. The summed E-state index contributed by atoms with van der Waals surface area (Å²) < 4.78 is 0. The number of hydrogen-bond acceptors (Lipinski definition) is 0. The van der Waals surface area contributed by atoms with E-state index in [1.807, 2.05) is 0 Å². The van der Waals surface area contributed by atoms with Crippen LogP contribution in [0.5, 0.6) is 0 Å². The van der Waals surface area contributed by atoms with E-state index in [2.05, 4.69) is 13.8 Å². The molecule has 5 rings (SSSR count). The highest BCUT2D eigenvalue weighted by atomic mass is 14.9. The zero-order valence-corrected chi connectivity index (χ0v) is 8.59. The molecule has 0 heteroatoms. The van der Waals surface area contributed by atoms with Crippen molar-refractivity contribution in [3.05, 3.63) is 0 Å². The molecule has 0 aromatic rings. The molecule has 0 nitrogen and oxygen atoms in total. The van der Waals surface area contributed by atoms with Crippen LogP contribution in [0.1, 0.15) is 33.1 Å². The van der Waals surface area contributed by atoms with Crippen LogP contribution in [0.3, 0.4) is 0 Å². The molecule has 8 atom stereocenters. The lowest BCUT2D eigenvalue weighted by Gasteiger charge is -2.62. The van der Waals surface area contributed by atoms with Crippen molar-refractivity contribution in [2.45, 2.75) is 33.1 Å². The molecular weight excluding hydrogens is 156 g/mol. The van der Waals surface area contributed by atoms with E-state index in [9.17, 15) is 0 Å². The molecule has 0 aromatic heterocycles. The van der Waals surface area contributed by atoms with Gasteiger partial charge in [0.15, 0.2) is 0 Å². The highest BCUT2D eigenvalue weighted by Gasteiger charge is 2.86. The fourth-order valence-electron chi connectivity index (χ4n) is 7.48. The summed E-state index contributed by atoms with van der Waals surface area (Å²) in [7, 11) is 0. The summed E-state index contributed by atoms with van der Waals surface area (Å²) in [6.45, 7) is 5.28. The van der Waals surface area contributed by atoms with Crippen LogP contribution in [0.4, 0.5) is 0 Å². The summed E-state index contributed by atoms with van der Waals surface area (Å²) in [6.07, 6.45) is 4.90. The monoisotopic (exact) mass is 174 g/mol. The second kappa shape index (κ2) is 1.33. The first-order valence-electron chi connectivity index (χ1n) is 6.18. The molecule has 0 amide bonds. The predicted octanol–water partition coefficient (Wildman–Crippen LogP) is 2.93. The Morgan fingerprint density at radius 3 is 2.54 bits per heavy atom. The fourth-order valence-corrected chi connectivity index (χ4v) is 7.48. The highest BCUT2D eigenvalue weighted by Crippen LogP contribution is 2.92. The Bertz CT molecular complexity index is 327. The van der Waals surface area contributed by atoms with Crippen molar-refractivity contribution < 1.29 is 0 Å². The Hall–Kier alpha value is 0. The highest BCUT2D eigenvalue weighted by molar-refractivity contribution is 5.34. The maximum atomic E-state index is 2.65. The SMILES string of the molecule is CC12CC3C4CC1C1C4CC3C12C. The number of rotatable bonds is 0. The van der Waals surface area contributed by atoms with Crippen molar-refractivity contribution >= 4 is 0 Å². The normalized spacial score (nSPS) is 85.4. The predicted molar refractivity (Wildman–Crippen MR) is 51.0 cm³/mol. The second-order valence-electron chi connectivity index (χ2n) is 7.11. The molecular formula is C13H18. The van der Waals surface area contributed by atoms with E-state index in [4.69, 9.17) is 0 Å². The zero-order chi connectivity index (χ0) is 8.59. The molecule has 0 N–H and O–H groups in total. The summed E-state index contributed by atoms with van der Waals surface area (Å²) in [5, 5.41) is 0. The van der Waals surface area contributed by atoms with Gasteiger partial charge in [0.05, 0.1) is 0 Å². The van der Waals surface area contributed by atoms with E-state index in [0.717, 1.165) is 10.8 Å². The van der Waals surface area contributed by atoms with E-state index in [1.165, 1.54) is 35.5 Å². The van der Waals surface area contributed by atoms with Crippen LogP contribution in [0.25, 0.3) is 0 Å². The standard InChI is InChI=1S/C13H18/c1-12-5-8-6-3-10(12)11-7(6)4-9(8)13(11,12)2/h6-11H,3-5H2,1-2H3. The van der Waals surface area contributed by atoms with Gasteiger partial charge in [-0.15, -0.1) is 0 Å². The van der Waals surface area contributed by atoms with E-state index >= 15 is 0 Å². The summed E-state index contributed by atoms with van der Waals surface area (Å²) >= 11 is 0. The molecule has 13 heavy (non-hydrogen) atoms. The van der Waals surface area contributed by atoms with Gasteiger partial charge in [-0.25, -0.2) is 0 Å². The van der Waals surface area contributed by atoms with Crippen molar-refractivity contribution in [2.75, 3.05) is 0 Å². The Morgan fingerprint density at radius 1 is 0.923 bits per heavy atom. The van der Waals surface area contributed by atoms with Gasteiger partial charge in [0.1, 0.15) is 0 Å². The van der Waals surface area contributed by atoms with Gasteiger partial charge in [-0.3, -0.25) is 0 Å². The summed E-state index contributed by atoms with van der Waals surface area (Å²) in [4.78, 5) is 0. The molecule has 8 unspecified atom stereocenters. The van der Waals surface area contributed by atoms with Crippen molar-refractivity contribution in [2.24, 2.45) is 46.3 Å². The van der Waals surface area contributed by atoms with Crippen LogP contribution in [0.15, 0.2) is 0 Å². The molecule has 0 radical (unpaired) electrons. The van der Waals surface area contributed by atoms with Crippen LogP contribution in [-0.2, 0) is 0 Å². The Balaban J connectivity index is 1.90. The minimum atomic E-state index is 0.814. The first-order chi connectivity index (χ1) is 6.18. The average molecular weight is 174 g/mol. The van der Waals surface area contributed by atoms with Gasteiger partial charge in [-0.1, -0.05) is 13.8 Å². The first-order valence-corrected chi connectivity index (χ1v) is 6.18. The lowest BCUT2D eigenvalue weighted by Crippen LogP contribution is -2.58. The lowest BCUT2D eigenvalue weighted by atomic mass is 9.42. The van der Waals surface area contributed by atoms with Crippen LogP contribution < -0.4 is 0 Å². The zero-order valence-electron chi connectivity index (χ0n) is 8.59. The van der Waals surface area contributed by atoms with Crippen LogP contribution in [0.2, 0.25) is 0 Å². The van der Waals surface area contributed by atoms with Crippen LogP contribution in [0, 0.1) is 46.3 Å². The van der Waals surface area contributed by atoms with Gasteiger partial charge in [0.25, 0.3) is 0 Å². The summed E-state index contributed by atoms with van der Waals surface area (Å²) in [5.74, 6) is 7.16. The molecule has 0 saturated heterocycles. The summed E-state index contributed by atoms with van der Waals surface area (Å²) in [6, 6.07) is 0. The minimum Gasteiger partial charge on any atom is -0.0588 e. The van der Waals surface area contributed by atoms with Crippen molar-refractivity contribution in [3.63, 3.8) is 0 Å². The number of hydrogen-bond donors (Lipinski definition) is 0. The van der Waals surface area contributed by atoms with Gasteiger partial charge in [-0.05, 0) is 65.6 Å². The van der Waals surface area contributed by atoms with E-state index in [0.29, 0.717) is 0 Å². The third-order valence-corrected chi connectivity index (χ3v) is 7.74. The van der Waals surface area contributed by atoms with Crippen molar-refractivity contribution in [1.82, 2.24) is 0 Å². The van der Waals surface area contributed by atoms with Crippen LogP contribution >= 0.6 is 0 Å². The molecule has 5 aliphatic carbocycles. The van der Waals surface area contributed by atoms with Gasteiger partial charge >= 0.3 is 0 Å². The van der Waals surface area contributed by atoms with E-state index in [1.54, 1.807) is 19.3 Å². The Morgan fingerprint density at radius 2 is 1.69 bits per heavy atom. The molecule has 5 fully saturated rings. The topological polar surface area (TPSA) is 0 Å². The third-order valence-electron chi connectivity index (χ3n) is 7.74. The second-order valence-corrected chi connectivity index (χ2v) is 7.11. The first kappa shape index (κ1) is 6.48. The molecule has 2 bridgehead atoms. The van der Waals surface area contributed by atoms with Crippen LogP contribution in [-0.4, -0.2) is 0 Å². The van der Waals surface area contributed by atoms with Gasteiger partial charge < -0.3 is 0 Å². The van der Waals surface area contributed by atoms with Gasteiger partial charge in [-0.2, -0.15) is 0 Å². The maximum Gasteiger partial charge on any atom is -0.0204 e. The molecule has 5 saturated carbocycles. The van der Waals surface area contributed by atoms with Gasteiger partial charge in [0, 0.05) is 0 Å². The van der Waals surface area contributed by atoms with E-state index in [-0.39, 0.29) is 0 Å². The maximum absolute atomic E-state index is 2.65. The lowest BCUT2D eigenvalue weighted by molar-refractivity contribution is -0.153. The molecule has 0 heterocycles. The van der Waals surface area contributed by atoms with Gasteiger partial charge in [0.2, 0.25) is 0 Å². The fraction of sp³-hybridized carbons (Fsp3) is 1.00. The third kappa shape index (κ3) is 0.333. The quantitative estimate of drug-likeness (QED) is 0.529.